The van der Waals surface area contributed by atoms with Crippen LogP contribution >= 0.6 is 12.2 Å². The monoisotopic (exact) mass is 499 g/mol. The lowest BCUT2D eigenvalue weighted by atomic mass is 10.1. The van der Waals surface area contributed by atoms with Crippen LogP contribution in [-0.4, -0.2) is 41.7 Å². The fourth-order valence-electron chi connectivity index (χ4n) is 3.86. The van der Waals surface area contributed by atoms with Gasteiger partial charge < -0.3 is 9.88 Å². The van der Waals surface area contributed by atoms with Crippen molar-refractivity contribution in [2.75, 3.05) is 18.4 Å². The summed E-state index contributed by atoms with van der Waals surface area (Å²) in [7, 11) is -1.64. The molecule has 0 saturated heterocycles. The number of nitrogens with zero attached hydrogens (tertiary/aromatic N) is 3. The molecule has 0 aliphatic carbocycles. The van der Waals surface area contributed by atoms with Gasteiger partial charge in [0.1, 0.15) is 0 Å². The Morgan fingerprint density at radius 2 is 1.85 bits per heavy atom. The first-order valence-corrected chi connectivity index (χ1v) is 13.3. The summed E-state index contributed by atoms with van der Waals surface area (Å²) in [6.07, 6.45) is 5.12. The normalized spacial score (nSPS) is 12.1. The minimum Gasteiger partial charge on any atom is -0.350 e. The van der Waals surface area contributed by atoms with Crippen molar-refractivity contribution in [1.82, 2.24) is 14.3 Å². The molecule has 0 aliphatic rings. The van der Waals surface area contributed by atoms with Crippen LogP contribution in [0.5, 0.6) is 0 Å². The van der Waals surface area contributed by atoms with Crippen LogP contribution in [0.4, 0.5) is 5.69 Å². The Balaban J connectivity index is 1.83. The number of hydrogen-bond acceptors (Lipinski definition) is 4. The minimum atomic E-state index is -3.57. The Morgan fingerprint density at radius 3 is 2.53 bits per heavy atom. The van der Waals surface area contributed by atoms with Gasteiger partial charge in [-0.3, -0.25) is 5.43 Å². The van der Waals surface area contributed by atoms with Crippen LogP contribution in [0, 0.1) is 13.8 Å². The van der Waals surface area contributed by atoms with Crippen LogP contribution in [0.1, 0.15) is 43.4 Å². The van der Waals surface area contributed by atoms with Gasteiger partial charge in [-0.15, -0.1) is 0 Å². The molecule has 2 N–H and O–H groups in total. The average molecular weight is 500 g/mol. The maximum atomic E-state index is 13.3. The predicted octanol–water partition coefficient (Wildman–Crippen LogP) is 4.93. The molecule has 0 spiro atoms. The van der Waals surface area contributed by atoms with Crippen molar-refractivity contribution in [2.45, 2.75) is 45.4 Å². The number of fused-ring (bicyclic) bond motifs is 1. The lowest BCUT2D eigenvalue weighted by Crippen LogP contribution is -2.32. The summed E-state index contributed by atoms with van der Waals surface area (Å²) in [4.78, 5) is 0.294. The van der Waals surface area contributed by atoms with E-state index in [2.05, 4.69) is 15.8 Å². The molecule has 1 heterocycles. The topological polar surface area (TPSA) is 78.7 Å². The Labute approximate surface area is 207 Å². The second-order valence-electron chi connectivity index (χ2n) is 8.35. The quantitative estimate of drug-likeness (QED) is 0.248. The number of anilines is 1. The van der Waals surface area contributed by atoms with E-state index in [1.54, 1.807) is 22.7 Å². The zero-order valence-corrected chi connectivity index (χ0v) is 22.1. The molecule has 2 aromatic carbocycles. The Morgan fingerprint density at radius 1 is 1.15 bits per heavy atom. The summed E-state index contributed by atoms with van der Waals surface area (Å²) in [5.74, 6) is 0. The van der Waals surface area contributed by atoms with Crippen LogP contribution in [-0.2, 0) is 17.1 Å². The number of hydrogen-bond donors (Lipinski definition) is 2. The van der Waals surface area contributed by atoms with Crippen molar-refractivity contribution in [3.05, 3.63) is 59.3 Å². The first kappa shape index (κ1) is 25.9. The van der Waals surface area contributed by atoms with E-state index in [0.717, 1.165) is 40.6 Å². The van der Waals surface area contributed by atoms with Gasteiger partial charge in [-0.05, 0) is 74.3 Å². The van der Waals surface area contributed by atoms with Crippen molar-refractivity contribution in [3.8, 4) is 0 Å². The molecule has 9 heteroatoms. The van der Waals surface area contributed by atoms with Gasteiger partial charge in [0.15, 0.2) is 5.11 Å². The van der Waals surface area contributed by atoms with Crippen molar-refractivity contribution < 1.29 is 8.42 Å². The summed E-state index contributed by atoms with van der Waals surface area (Å²) in [5, 5.41) is 8.64. The van der Waals surface area contributed by atoms with E-state index in [9.17, 15) is 8.42 Å². The highest BCUT2D eigenvalue weighted by Gasteiger charge is 2.24. The summed E-state index contributed by atoms with van der Waals surface area (Å²) in [6.45, 7) is 9.07. The van der Waals surface area contributed by atoms with Crippen LogP contribution in [0.3, 0.4) is 0 Å². The summed E-state index contributed by atoms with van der Waals surface area (Å²) < 4.78 is 30.0. The van der Waals surface area contributed by atoms with Gasteiger partial charge in [0.25, 0.3) is 0 Å². The molecule has 7 nitrogen and oxygen atoms in total. The molecular weight excluding hydrogens is 466 g/mol. The van der Waals surface area contributed by atoms with Crippen molar-refractivity contribution >= 4 is 50.2 Å². The maximum absolute atomic E-state index is 13.3. The fraction of sp³-hybridized carbons (Fsp3) is 0.360. The van der Waals surface area contributed by atoms with Crippen LogP contribution in [0.2, 0.25) is 0 Å². The third-order valence-electron chi connectivity index (χ3n) is 5.80. The molecule has 3 aromatic rings. The van der Waals surface area contributed by atoms with Crippen molar-refractivity contribution in [3.63, 3.8) is 0 Å². The summed E-state index contributed by atoms with van der Waals surface area (Å²) in [6, 6.07) is 11.2. The van der Waals surface area contributed by atoms with E-state index in [0.29, 0.717) is 23.1 Å². The van der Waals surface area contributed by atoms with E-state index in [-0.39, 0.29) is 0 Å². The first-order valence-electron chi connectivity index (χ1n) is 11.4. The van der Waals surface area contributed by atoms with Gasteiger partial charge in [0, 0.05) is 48.5 Å². The van der Waals surface area contributed by atoms with E-state index in [1.807, 2.05) is 69.8 Å². The van der Waals surface area contributed by atoms with Gasteiger partial charge in [-0.1, -0.05) is 26.0 Å². The number of aromatic nitrogens is 1. The third-order valence-corrected chi connectivity index (χ3v) is 7.89. The summed E-state index contributed by atoms with van der Waals surface area (Å²) >= 11 is 5.38. The van der Waals surface area contributed by atoms with Gasteiger partial charge in [0.2, 0.25) is 10.0 Å². The number of hydrazone groups is 1. The lowest BCUT2D eigenvalue weighted by molar-refractivity contribution is 0.410. The third kappa shape index (κ3) is 5.65. The van der Waals surface area contributed by atoms with Gasteiger partial charge in [-0.2, -0.15) is 9.41 Å². The zero-order valence-electron chi connectivity index (χ0n) is 20.4. The number of rotatable bonds is 9. The molecule has 0 amide bonds. The van der Waals surface area contributed by atoms with E-state index in [4.69, 9.17) is 12.2 Å². The first-order chi connectivity index (χ1) is 16.2. The second kappa shape index (κ2) is 11.1. The molecule has 0 saturated carbocycles. The minimum absolute atomic E-state index is 0.294. The standard InChI is InChI=1S/C25H33N5O2S2/c1-6-13-30(14-7-2)34(31,32)21-11-12-24-22(15-21)20(17-29(24)5)16-26-28-25(33)27-23-10-8-9-18(3)19(23)4/h8-12,15-17H,6-7,13-14H2,1-5H3,(H2,27,28,33)/b26-16-. The molecule has 3 rings (SSSR count). The van der Waals surface area contributed by atoms with Gasteiger partial charge in [-0.25, -0.2) is 8.42 Å². The molecule has 0 radical (unpaired) electrons. The molecule has 182 valence electrons. The molecule has 1 aromatic heterocycles. The highest BCUT2D eigenvalue weighted by Crippen LogP contribution is 2.25. The zero-order chi connectivity index (χ0) is 24.9. The fourth-order valence-corrected chi connectivity index (χ4v) is 5.68. The van der Waals surface area contributed by atoms with Crippen molar-refractivity contribution in [1.29, 1.82) is 0 Å². The van der Waals surface area contributed by atoms with Crippen molar-refractivity contribution in [2.24, 2.45) is 12.1 Å². The molecule has 0 bridgehead atoms. The van der Waals surface area contributed by atoms with E-state index < -0.39 is 10.0 Å². The smallest absolute Gasteiger partial charge is 0.243 e. The van der Waals surface area contributed by atoms with Crippen LogP contribution in [0.15, 0.2) is 52.6 Å². The molecule has 0 unspecified atom stereocenters. The SMILES string of the molecule is CCCN(CCC)S(=O)(=O)c1ccc2c(c1)c(/C=N\NC(=S)Nc1cccc(C)c1C)cn2C. The molecular formula is C25H33N5O2S2. The maximum Gasteiger partial charge on any atom is 0.243 e. The largest absolute Gasteiger partial charge is 0.350 e. The van der Waals surface area contributed by atoms with Gasteiger partial charge in [0.05, 0.1) is 11.1 Å². The highest BCUT2D eigenvalue weighted by molar-refractivity contribution is 7.89. The number of aryl methyl sites for hydroxylation is 2. The van der Waals surface area contributed by atoms with Crippen LogP contribution < -0.4 is 10.7 Å². The molecule has 0 fully saturated rings. The number of thiocarbonyl (C=S) groups is 1. The Bertz CT molecular complexity index is 1310. The Kier molecular flexibility index (Phi) is 8.46. The molecule has 34 heavy (non-hydrogen) atoms. The Hall–Kier alpha value is -2.75. The number of nitrogens with one attached hydrogen (secondary N) is 2. The molecule has 0 atom stereocenters. The molecule has 0 aliphatic heterocycles. The number of sulfonamides is 1. The number of benzene rings is 2. The predicted molar refractivity (Wildman–Crippen MR) is 145 cm³/mol. The summed E-state index contributed by atoms with van der Waals surface area (Å²) in [5.41, 5.74) is 7.80. The van der Waals surface area contributed by atoms with E-state index in [1.165, 1.54) is 5.56 Å². The second-order valence-corrected chi connectivity index (χ2v) is 10.7. The lowest BCUT2D eigenvalue weighted by Gasteiger charge is -2.21. The van der Waals surface area contributed by atoms with Crippen LogP contribution in [0.25, 0.3) is 10.9 Å². The highest BCUT2D eigenvalue weighted by atomic mass is 32.2. The average Bonchev–Trinajstić information content (AvgIpc) is 3.11. The van der Waals surface area contributed by atoms with E-state index >= 15 is 0 Å². The van der Waals surface area contributed by atoms with Gasteiger partial charge >= 0.3 is 0 Å².